The van der Waals surface area contributed by atoms with Gasteiger partial charge < -0.3 is 5.32 Å². The predicted octanol–water partition coefficient (Wildman–Crippen LogP) is 3.86. The molecule has 2 aromatic rings. The van der Waals surface area contributed by atoms with Gasteiger partial charge in [-0.2, -0.15) is 10.1 Å². The van der Waals surface area contributed by atoms with Crippen LogP contribution in [0.4, 0.5) is 11.4 Å². The number of carbonyl (C=O) groups is 2. The maximum Gasteiger partial charge on any atom is 0.265 e. The molecule has 1 N–H and O–H groups in total. The molecule has 0 saturated carbocycles. The fourth-order valence-electron chi connectivity index (χ4n) is 3.00. The third kappa shape index (κ3) is 3.52. The molecule has 0 bridgehead atoms. The van der Waals surface area contributed by atoms with Gasteiger partial charge in [0.25, 0.3) is 5.91 Å². The average Bonchev–Trinajstić information content (AvgIpc) is 3.00. The Bertz CT molecular complexity index is 843. The van der Waals surface area contributed by atoms with Gasteiger partial charge in [0.1, 0.15) is 0 Å². The van der Waals surface area contributed by atoms with Gasteiger partial charge in [-0.25, -0.2) is 0 Å². The number of rotatable bonds is 5. The zero-order valence-electron chi connectivity index (χ0n) is 15.3. The Morgan fingerprint density at radius 1 is 1.15 bits per heavy atom. The summed E-state index contributed by atoms with van der Waals surface area (Å²) in [4.78, 5) is 25.8. The first-order valence-corrected chi connectivity index (χ1v) is 8.88. The number of benzene rings is 2. The second-order valence-corrected chi connectivity index (χ2v) is 6.64. The lowest BCUT2D eigenvalue weighted by Gasteiger charge is -2.15. The maximum absolute atomic E-state index is 12.9. The number of para-hydroxylation sites is 1. The van der Waals surface area contributed by atoms with Crippen molar-refractivity contribution in [2.45, 2.75) is 27.2 Å². The lowest BCUT2D eigenvalue weighted by atomic mass is 9.93. The number of aryl methyl sites for hydroxylation is 1. The molecule has 2 amide bonds. The van der Waals surface area contributed by atoms with E-state index in [4.69, 9.17) is 0 Å². The first-order chi connectivity index (χ1) is 12.5. The number of nitrogens with one attached hydrogen (secondary N) is 1. The first-order valence-electron chi connectivity index (χ1n) is 8.88. The third-order valence-corrected chi connectivity index (χ3v) is 4.42. The van der Waals surface area contributed by atoms with Crippen molar-refractivity contribution in [2.75, 3.05) is 10.3 Å². The van der Waals surface area contributed by atoms with Crippen LogP contribution in [0.25, 0.3) is 0 Å². The zero-order chi connectivity index (χ0) is 18.7. The smallest absolute Gasteiger partial charge is 0.265 e. The molecule has 26 heavy (non-hydrogen) atoms. The van der Waals surface area contributed by atoms with E-state index in [-0.39, 0.29) is 17.7 Å². The summed E-state index contributed by atoms with van der Waals surface area (Å²) in [5.74, 6) is -1.57. The number of hydrogen-bond acceptors (Lipinski definition) is 3. The van der Waals surface area contributed by atoms with E-state index in [0.29, 0.717) is 17.1 Å². The van der Waals surface area contributed by atoms with Crippen LogP contribution in [-0.2, 0) is 16.0 Å². The third-order valence-electron chi connectivity index (χ3n) is 4.42. The fraction of sp³-hybridized carbons (Fsp3) is 0.286. The molecule has 1 atom stereocenters. The topological polar surface area (TPSA) is 61.8 Å². The molecule has 2 aromatic carbocycles. The van der Waals surface area contributed by atoms with Gasteiger partial charge in [0.05, 0.1) is 11.4 Å². The molecule has 134 valence electrons. The van der Waals surface area contributed by atoms with Crippen molar-refractivity contribution < 1.29 is 9.59 Å². The molecule has 0 radical (unpaired) electrons. The van der Waals surface area contributed by atoms with Gasteiger partial charge in [-0.15, -0.1) is 0 Å². The van der Waals surface area contributed by atoms with Crippen LogP contribution in [0, 0.1) is 11.8 Å². The monoisotopic (exact) mass is 349 g/mol. The highest BCUT2D eigenvalue weighted by Gasteiger charge is 2.42. The quantitative estimate of drug-likeness (QED) is 0.833. The minimum Gasteiger partial charge on any atom is -0.325 e. The first kappa shape index (κ1) is 17.9. The Labute approximate surface area is 153 Å². The molecular weight excluding hydrogens is 326 g/mol. The SMILES string of the molecule is CCc1cccc(NC(=O)C2C(=O)N(c3ccccc3)N=C2C(C)C)c1. The van der Waals surface area contributed by atoms with Gasteiger partial charge in [-0.05, 0) is 42.2 Å². The largest absolute Gasteiger partial charge is 0.325 e. The van der Waals surface area contributed by atoms with Crippen LogP contribution >= 0.6 is 0 Å². The molecule has 0 saturated heterocycles. The lowest BCUT2D eigenvalue weighted by molar-refractivity contribution is -0.127. The average molecular weight is 349 g/mol. The van der Waals surface area contributed by atoms with Crippen molar-refractivity contribution in [2.24, 2.45) is 16.9 Å². The highest BCUT2D eigenvalue weighted by atomic mass is 16.2. The highest BCUT2D eigenvalue weighted by Crippen LogP contribution is 2.27. The van der Waals surface area contributed by atoms with Crippen molar-refractivity contribution in [3.63, 3.8) is 0 Å². The van der Waals surface area contributed by atoms with Crippen molar-refractivity contribution >= 4 is 28.9 Å². The van der Waals surface area contributed by atoms with Crippen LogP contribution in [0.1, 0.15) is 26.3 Å². The van der Waals surface area contributed by atoms with E-state index in [1.54, 1.807) is 0 Å². The van der Waals surface area contributed by atoms with Crippen LogP contribution in [0.2, 0.25) is 0 Å². The van der Waals surface area contributed by atoms with Crippen molar-refractivity contribution in [1.29, 1.82) is 0 Å². The molecule has 1 heterocycles. The normalized spacial score (nSPS) is 16.8. The molecule has 0 fully saturated rings. The van der Waals surface area contributed by atoms with Crippen LogP contribution < -0.4 is 10.3 Å². The summed E-state index contributed by atoms with van der Waals surface area (Å²) < 4.78 is 0. The lowest BCUT2D eigenvalue weighted by Crippen LogP contribution is -2.38. The van der Waals surface area contributed by atoms with E-state index in [2.05, 4.69) is 17.3 Å². The maximum atomic E-state index is 12.9. The minimum atomic E-state index is -0.902. The number of carbonyl (C=O) groups excluding carboxylic acids is 2. The van der Waals surface area contributed by atoms with E-state index in [0.717, 1.165) is 12.0 Å². The standard InChI is InChI=1S/C21H23N3O2/c1-4-15-9-8-10-16(13-15)22-20(25)18-19(14(2)3)23-24(21(18)26)17-11-6-5-7-12-17/h5-14,18H,4H2,1-3H3,(H,22,25). The molecule has 5 nitrogen and oxygen atoms in total. The summed E-state index contributed by atoms with van der Waals surface area (Å²) in [7, 11) is 0. The summed E-state index contributed by atoms with van der Waals surface area (Å²) in [5.41, 5.74) is 3.08. The second kappa shape index (κ2) is 7.52. The summed E-state index contributed by atoms with van der Waals surface area (Å²) in [6.45, 7) is 5.94. The van der Waals surface area contributed by atoms with E-state index >= 15 is 0 Å². The van der Waals surface area contributed by atoms with E-state index in [1.165, 1.54) is 5.01 Å². The van der Waals surface area contributed by atoms with Crippen LogP contribution in [-0.4, -0.2) is 17.5 Å². The van der Waals surface area contributed by atoms with Crippen LogP contribution in [0.5, 0.6) is 0 Å². The molecule has 1 aliphatic rings. The van der Waals surface area contributed by atoms with Crippen LogP contribution in [0.3, 0.4) is 0 Å². The Kier molecular flexibility index (Phi) is 5.16. The molecule has 1 unspecified atom stereocenters. The Morgan fingerprint density at radius 2 is 1.88 bits per heavy atom. The van der Waals surface area contributed by atoms with Gasteiger partial charge in [-0.1, -0.05) is 51.1 Å². The number of nitrogens with zero attached hydrogens (tertiary/aromatic N) is 2. The zero-order valence-corrected chi connectivity index (χ0v) is 15.3. The van der Waals surface area contributed by atoms with Gasteiger partial charge in [0.2, 0.25) is 5.91 Å². The fourth-order valence-corrected chi connectivity index (χ4v) is 3.00. The van der Waals surface area contributed by atoms with Gasteiger partial charge >= 0.3 is 0 Å². The van der Waals surface area contributed by atoms with Crippen molar-refractivity contribution in [1.82, 2.24) is 0 Å². The van der Waals surface area contributed by atoms with Crippen molar-refractivity contribution in [3.05, 3.63) is 60.2 Å². The Morgan fingerprint density at radius 3 is 2.54 bits per heavy atom. The van der Waals surface area contributed by atoms with Crippen molar-refractivity contribution in [3.8, 4) is 0 Å². The summed E-state index contributed by atoms with van der Waals surface area (Å²) in [6.07, 6.45) is 0.882. The Balaban J connectivity index is 1.86. The number of hydrogen-bond donors (Lipinski definition) is 1. The van der Waals surface area contributed by atoms with E-state index in [9.17, 15) is 9.59 Å². The molecule has 3 rings (SSSR count). The van der Waals surface area contributed by atoms with Gasteiger partial charge in [-0.3, -0.25) is 9.59 Å². The highest BCUT2D eigenvalue weighted by molar-refractivity contribution is 6.29. The number of hydrazone groups is 1. The predicted molar refractivity (Wildman–Crippen MR) is 104 cm³/mol. The van der Waals surface area contributed by atoms with E-state index < -0.39 is 5.92 Å². The second-order valence-electron chi connectivity index (χ2n) is 6.64. The molecule has 0 aliphatic carbocycles. The molecule has 1 aliphatic heterocycles. The minimum absolute atomic E-state index is 0.00890. The summed E-state index contributed by atoms with van der Waals surface area (Å²) >= 11 is 0. The molecular formula is C21H23N3O2. The molecule has 5 heteroatoms. The van der Waals surface area contributed by atoms with E-state index in [1.807, 2.05) is 68.4 Å². The molecule has 0 spiro atoms. The van der Waals surface area contributed by atoms with Crippen LogP contribution in [0.15, 0.2) is 59.7 Å². The number of anilines is 2. The van der Waals surface area contributed by atoms with Gasteiger partial charge in [0.15, 0.2) is 5.92 Å². The summed E-state index contributed by atoms with van der Waals surface area (Å²) in [6, 6.07) is 16.9. The van der Waals surface area contributed by atoms with Gasteiger partial charge in [0, 0.05) is 5.69 Å². The molecule has 0 aromatic heterocycles. The summed E-state index contributed by atoms with van der Waals surface area (Å²) in [5, 5.41) is 8.67. The Hall–Kier alpha value is -2.95. The number of amides is 2.